The van der Waals surface area contributed by atoms with Crippen LogP contribution in [0.5, 0.6) is 0 Å². The van der Waals surface area contributed by atoms with Gasteiger partial charge < -0.3 is 10.0 Å². The highest BCUT2D eigenvalue weighted by atomic mass is 19.1. The largest absolute Gasteiger partial charge is 0.395 e. The number of likely N-dealkylation sites (N-methyl/N-ethyl adjacent to an activating group) is 1. The molecule has 1 aromatic carbocycles. The van der Waals surface area contributed by atoms with Crippen molar-refractivity contribution >= 4 is 5.91 Å². The molecule has 0 aliphatic heterocycles. The molecular weight excluding hydrogens is 245 g/mol. The second-order valence-electron chi connectivity index (χ2n) is 5.25. The number of benzene rings is 1. The molecule has 0 saturated heterocycles. The van der Waals surface area contributed by atoms with E-state index in [1.54, 1.807) is 24.1 Å². The molecule has 1 amide bonds. The number of hydrogen-bond acceptors (Lipinski definition) is 2. The van der Waals surface area contributed by atoms with Gasteiger partial charge in [0, 0.05) is 13.6 Å². The van der Waals surface area contributed by atoms with Crippen LogP contribution in [-0.4, -0.2) is 36.1 Å². The number of halogens is 1. The number of nitrogens with zero attached hydrogens (tertiary/aromatic N) is 1. The number of carbonyl (C=O) groups is 1. The van der Waals surface area contributed by atoms with Crippen molar-refractivity contribution in [1.29, 1.82) is 0 Å². The van der Waals surface area contributed by atoms with Crippen LogP contribution in [0.1, 0.15) is 31.2 Å². The minimum Gasteiger partial charge on any atom is -0.395 e. The zero-order valence-corrected chi connectivity index (χ0v) is 11.2. The lowest BCUT2D eigenvalue weighted by atomic mass is 9.77. The first-order valence-corrected chi connectivity index (χ1v) is 6.72. The van der Waals surface area contributed by atoms with Gasteiger partial charge in [-0.15, -0.1) is 0 Å². The molecule has 104 valence electrons. The first-order chi connectivity index (χ1) is 9.10. The summed E-state index contributed by atoms with van der Waals surface area (Å²) < 4.78 is 13.1. The molecule has 4 heteroatoms. The van der Waals surface area contributed by atoms with Crippen molar-refractivity contribution in [1.82, 2.24) is 4.90 Å². The van der Waals surface area contributed by atoms with Gasteiger partial charge in [-0.3, -0.25) is 4.79 Å². The van der Waals surface area contributed by atoms with Crippen molar-refractivity contribution < 1.29 is 14.3 Å². The van der Waals surface area contributed by atoms with Crippen LogP contribution < -0.4 is 0 Å². The van der Waals surface area contributed by atoms with Gasteiger partial charge in [-0.2, -0.15) is 0 Å². The zero-order chi connectivity index (χ0) is 13.9. The van der Waals surface area contributed by atoms with Gasteiger partial charge in [-0.05, 0) is 30.5 Å². The van der Waals surface area contributed by atoms with Crippen molar-refractivity contribution in [2.45, 2.75) is 31.1 Å². The summed E-state index contributed by atoms with van der Waals surface area (Å²) in [7, 11) is 1.71. The Labute approximate surface area is 113 Å². The summed E-state index contributed by atoms with van der Waals surface area (Å²) in [5.41, 5.74) is 0.360. The van der Waals surface area contributed by atoms with E-state index in [0.29, 0.717) is 6.54 Å². The summed E-state index contributed by atoms with van der Waals surface area (Å²) in [4.78, 5) is 14.2. The van der Waals surface area contributed by atoms with E-state index in [0.717, 1.165) is 31.2 Å². The fraction of sp³-hybridized carbons (Fsp3) is 0.533. The first kappa shape index (κ1) is 14.0. The topological polar surface area (TPSA) is 40.5 Å². The van der Waals surface area contributed by atoms with Gasteiger partial charge in [0.2, 0.25) is 5.91 Å². The maximum atomic E-state index is 13.1. The maximum absolute atomic E-state index is 13.1. The highest BCUT2D eigenvalue weighted by molar-refractivity contribution is 5.88. The lowest BCUT2D eigenvalue weighted by Gasteiger charge is -2.32. The van der Waals surface area contributed by atoms with E-state index in [1.807, 2.05) is 0 Å². The summed E-state index contributed by atoms with van der Waals surface area (Å²) in [5, 5.41) is 8.98. The molecule has 0 atom stereocenters. The summed E-state index contributed by atoms with van der Waals surface area (Å²) in [6, 6.07) is 6.25. The number of hydrogen-bond donors (Lipinski definition) is 1. The Bertz CT molecular complexity index is 438. The second-order valence-corrected chi connectivity index (χ2v) is 5.25. The van der Waals surface area contributed by atoms with E-state index in [2.05, 4.69) is 0 Å². The van der Waals surface area contributed by atoms with Crippen LogP contribution >= 0.6 is 0 Å². The second kappa shape index (κ2) is 5.70. The monoisotopic (exact) mass is 265 g/mol. The van der Waals surface area contributed by atoms with Crippen LogP contribution in [0.15, 0.2) is 24.3 Å². The normalized spacial score (nSPS) is 17.4. The van der Waals surface area contributed by atoms with Gasteiger partial charge in [0.15, 0.2) is 0 Å². The molecule has 0 unspecified atom stereocenters. The minimum absolute atomic E-state index is 0.0330. The van der Waals surface area contributed by atoms with Gasteiger partial charge in [0.05, 0.1) is 12.0 Å². The molecule has 0 radical (unpaired) electrons. The summed E-state index contributed by atoms with van der Waals surface area (Å²) >= 11 is 0. The van der Waals surface area contributed by atoms with E-state index in [-0.39, 0.29) is 18.3 Å². The molecule has 1 N–H and O–H groups in total. The number of aliphatic hydroxyl groups is 1. The van der Waals surface area contributed by atoms with Crippen LogP contribution in [-0.2, 0) is 10.2 Å². The summed E-state index contributed by atoms with van der Waals surface area (Å²) in [6.45, 7) is 0.295. The van der Waals surface area contributed by atoms with E-state index in [1.165, 1.54) is 12.1 Å². The molecule has 0 spiro atoms. The van der Waals surface area contributed by atoms with E-state index >= 15 is 0 Å². The van der Waals surface area contributed by atoms with Gasteiger partial charge >= 0.3 is 0 Å². The standard InChI is InChI=1S/C15H20FNO2/c1-17(10-11-18)14(19)15(8-2-3-9-15)12-4-6-13(16)7-5-12/h4-7,18H,2-3,8-11H2,1H3. The molecule has 0 aromatic heterocycles. The Hall–Kier alpha value is -1.42. The van der Waals surface area contributed by atoms with E-state index < -0.39 is 5.41 Å². The van der Waals surface area contributed by atoms with Crippen LogP contribution in [0.4, 0.5) is 4.39 Å². The van der Waals surface area contributed by atoms with Crippen molar-refractivity contribution in [3.8, 4) is 0 Å². The first-order valence-electron chi connectivity index (χ1n) is 6.72. The quantitative estimate of drug-likeness (QED) is 0.905. The summed E-state index contributed by atoms with van der Waals surface area (Å²) in [5.74, 6) is -0.251. The molecule has 0 bridgehead atoms. The molecule has 1 aliphatic rings. The Morgan fingerprint density at radius 1 is 1.32 bits per heavy atom. The molecule has 2 rings (SSSR count). The minimum atomic E-state index is -0.530. The third-order valence-electron chi connectivity index (χ3n) is 4.05. The fourth-order valence-electron chi connectivity index (χ4n) is 2.99. The number of rotatable bonds is 4. The lowest BCUT2D eigenvalue weighted by Crippen LogP contribution is -2.44. The van der Waals surface area contributed by atoms with Gasteiger partial charge in [0.25, 0.3) is 0 Å². The van der Waals surface area contributed by atoms with Crippen molar-refractivity contribution in [2.24, 2.45) is 0 Å². The molecule has 1 fully saturated rings. The highest BCUT2D eigenvalue weighted by Crippen LogP contribution is 2.42. The Morgan fingerprint density at radius 2 is 1.89 bits per heavy atom. The van der Waals surface area contributed by atoms with Crippen LogP contribution in [0.3, 0.4) is 0 Å². The van der Waals surface area contributed by atoms with Gasteiger partial charge in [0.1, 0.15) is 5.82 Å². The Balaban J connectivity index is 2.32. The molecule has 0 heterocycles. The Morgan fingerprint density at radius 3 is 2.42 bits per heavy atom. The maximum Gasteiger partial charge on any atom is 0.233 e. The van der Waals surface area contributed by atoms with E-state index in [4.69, 9.17) is 5.11 Å². The van der Waals surface area contributed by atoms with Gasteiger partial charge in [-0.1, -0.05) is 25.0 Å². The van der Waals surface area contributed by atoms with Crippen LogP contribution in [0.2, 0.25) is 0 Å². The molecule has 19 heavy (non-hydrogen) atoms. The lowest BCUT2D eigenvalue weighted by molar-refractivity contribution is -0.136. The number of carbonyl (C=O) groups excluding carboxylic acids is 1. The van der Waals surface area contributed by atoms with Crippen molar-refractivity contribution in [3.05, 3.63) is 35.6 Å². The molecule has 1 aromatic rings. The Kier molecular flexibility index (Phi) is 4.20. The zero-order valence-electron chi connectivity index (χ0n) is 11.2. The molecule has 3 nitrogen and oxygen atoms in total. The predicted molar refractivity (Wildman–Crippen MR) is 71.3 cm³/mol. The molecule has 1 aliphatic carbocycles. The van der Waals surface area contributed by atoms with Crippen molar-refractivity contribution in [2.75, 3.05) is 20.2 Å². The third kappa shape index (κ3) is 2.63. The smallest absolute Gasteiger partial charge is 0.233 e. The SMILES string of the molecule is CN(CCO)C(=O)C1(c2ccc(F)cc2)CCCC1. The van der Waals surface area contributed by atoms with Crippen LogP contribution in [0.25, 0.3) is 0 Å². The fourth-order valence-corrected chi connectivity index (χ4v) is 2.99. The van der Waals surface area contributed by atoms with Gasteiger partial charge in [-0.25, -0.2) is 4.39 Å². The van der Waals surface area contributed by atoms with Crippen LogP contribution in [0, 0.1) is 5.82 Å². The number of amides is 1. The summed E-state index contributed by atoms with van der Waals surface area (Å²) in [6.07, 6.45) is 3.62. The van der Waals surface area contributed by atoms with Crippen molar-refractivity contribution in [3.63, 3.8) is 0 Å². The van der Waals surface area contributed by atoms with E-state index in [9.17, 15) is 9.18 Å². The highest BCUT2D eigenvalue weighted by Gasteiger charge is 2.43. The average Bonchev–Trinajstić information content (AvgIpc) is 2.89. The predicted octanol–water partition coefficient (Wildman–Crippen LogP) is 2.09. The third-order valence-corrected chi connectivity index (χ3v) is 4.05. The average molecular weight is 265 g/mol. The number of aliphatic hydroxyl groups excluding tert-OH is 1. The molecular formula is C15H20FNO2. The molecule has 1 saturated carbocycles.